The number of carbonyl (C=O) groups is 2. The van der Waals surface area contributed by atoms with Gasteiger partial charge in [-0.3, -0.25) is 4.79 Å². The van der Waals surface area contributed by atoms with Gasteiger partial charge >= 0.3 is 5.97 Å². The topological polar surface area (TPSA) is 74.6 Å². The molecule has 0 spiro atoms. The third-order valence-corrected chi connectivity index (χ3v) is 2.38. The van der Waals surface area contributed by atoms with Gasteiger partial charge in [0.2, 0.25) is 0 Å². The number of carboxylic acid groups (broad SMARTS) is 1. The lowest BCUT2D eigenvalue weighted by Gasteiger charge is -2.02. The monoisotopic (exact) mass is 226 g/mol. The van der Waals surface area contributed by atoms with Crippen LogP contribution in [0.4, 0.5) is 0 Å². The fourth-order valence-corrected chi connectivity index (χ4v) is 1.52. The number of aromatic hydroxyl groups is 1. The highest BCUT2D eigenvalue weighted by atomic mass is 32.2. The van der Waals surface area contributed by atoms with Crippen LogP contribution in [0.3, 0.4) is 0 Å². The predicted molar refractivity (Wildman–Crippen MR) is 57.8 cm³/mol. The number of ketones is 1. The third-order valence-electron chi connectivity index (χ3n) is 1.82. The first-order valence-electron chi connectivity index (χ1n) is 4.14. The number of thioether (sulfide) groups is 1. The number of carbonyl (C=O) groups excluding carboxylic acids is 1. The molecule has 0 aliphatic heterocycles. The molecule has 0 bridgehead atoms. The smallest absolute Gasteiger partial charge is 0.339 e. The van der Waals surface area contributed by atoms with Gasteiger partial charge in [-0.1, -0.05) is 0 Å². The average molecular weight is 226 g/mol. The van der Waals surface area contributed by atoms with E-state index in [1.807, 2.05) is 0 Å². The van der Waals surface area contributed by atoms with Crippen LogP contribution in [0, 0.1) is 0 Å². The first-order valence-corrected chi connectivity index (χ1v) is 5.54. The minimum Gasteiger partial charge on any atom is -0.507 e. The maximum Gasteiger partial charge on any atom is 0.339 e. The molecule has 1 aromatic rings. The normalized spacial score (nSPS) is 9.93. The van der Waals surface area contributed by atoms with Crippen molar-refractivity contribution < 1.29 is 19.8 Å². The molecule has 1 aromatic carbocycles. The molecular formula is C10H10O4S. The van der Waals surface area contributed by atoms with E-state index >= 15 is 0 Å². The molecule has 5 heteroatoms. The van der Waals surface area contributed by atoms with Crippen LogP contribution < -0.4 is 0 Å². The molecule has 0 aromatic heterocycles. The third kappa shape index (κ3) is 2.73. The van der Waals surface area contributed by atoms with E-state index < -0.39 is 5.97 Å². The Morgan fingerprint density at radius 3 is 2.60 bits per heavy atom. The van der Waals surface area contributed by atoms with Crippen molar-refractivity contribution in [3.63, 3.8) is 0 Å². The Morgan fingerprint density at radius 2 is 2.07 bits per heavy atom. The quantitative estimate of drug-likeness (QED) is 0.763. The van der Waals surface area contributed by atoms with Crippen LogP contribution in [0.25, 0.3) is 0 Å². The highest BCUT2D eigenvalue weighted by molar-refractivity contribution is 7.99. The van der Waals surface area contributed by atoms with Crippen LogP contribution >= 0.6 is 11.8 Å². The number of aromatic carboxylic acids is 1. The highest BCUT2D eigenvalue weighted by Gasteiger charge is 2.13. The van der Waals surface area contributed by atoms with Crippen LogP contribution in [0.1, 0.15) is 20.7 Å². The minimum absolute atomic E-state index is 0.148. The second kappa shape index (κ2) is 4.84. The van der Waals surface area contributed by atoms with E-state index in [1.54, 1.807) is 6.26 Å². The number of Topliss-reactive ketones (excluding diaryl/α,β-unsaturated/α-hetero) is 1. The molecule has 0 fully saturated rings. The SMILES string of the molecule is CSCC(=O)c1ccc(O)c(C(=O)O)c1. The summed E-state index contributed by atoms with van der Waals surface area (Å²) in [6, 6.07) is 3.83. The fourth-order valence-electron chi connectivity index (χ4n) is 1.10. The lowest BCUT2D eigenvalue weighted by Crippen LogP contribution is -2.05. The van der Waals surface area contributed by atoms with E-state index in [9.17, 15) is 14.7 Å². The molecule has 0 amide bonds. The van der Waals surface area contributed by atoms with Crippen molar-refractivity contribution in [1.29, 1.82) is 0 Å². The van der Waals surface area contributed by atoms with Gasteiger partial charge in [-0.2, -0.15) is 11.8 Å². The zero-order valence-electron chi connectivity index (χ0n) is 8.06. The summed E-state index contributed by atoms with van der Waals surface area (Å²) in [5.74, 6) is -1.43. The molecule has 0 atom stereocenters. The van der Waals surface area contributed by atoms with E-state index in [1.165, 1.54) is 30.0 Å². The average Bonchev–Trinajstić information content (AvgIpc) is 2.18. The van der Waals surface area contributed by atoms with Gasteiger partial charge in [-0.25, -0.2) is 4.79 Å². The molecule has 0 saturated heterocycles. The van der Waals surface area contributed by atoms with Crippen molar-refractivity contribution in [2.45, 2.75) is 0 Å². The first-order chi connectivity index (χ1) is 7.06. The maximum atomic E-state index is 11.4. The van der Waals surface area contributed by atoms with E-state index in [2.05, 4.69) is 0 Å². The van der Waals surface area contributed by atoms with Crippen molar-refractivity contribution in [2.75, 3.05) is 12.0 Å². The largest absolute Gasteiger partial charge is 0.507 e. The second-order valence-corrected chi connectivity index (χ2v) is 3.76. The number of hydrogen-bond acceptors (Lipinski definition) is 4. The Balaban J connectivity index is 3.07. The van der Waals surface area contributed by atoms with Crippen LogP contribution in [0.15, 0.2) is 18.2 Å². The molecule has 0 aliphatic rings. The van der Waals surface area contributed by atoms with Gasteiger partial charge in [0.25, 0.3) is 0 Å². The van der Waals surface area contributed by atoms with Gasteiger partial charge in [0.1, 0.15) is 11.3 Å². The number of carboxylic acids is 1. The Hall–Kier alpha value is -1.49. The first kappa shape index (κ1) is 11.6. The molecule has 0 saturated carbocycles. The van der Waals surface area contributed by atoms with Gasteiger partial charge in [-0.05, 0) is 24.5 Å². The molecule has 2 N–H and O–H groups in total. The standard InChI is InChI=1S/C10H10O4S/c1-15-5-9(12)6-2-3-8(11)7(4-6)10(13)14/h2-4,11H,5H2,1H3,(H,13,14). The molecule has 1 rings (SSSR count). The summed E-state index contributed by atoms with van der Waals surface area (Å²) in [6.45, 7) is 0. The summed E-state index contributed by atoms with van der Waals surface area (Å²) in [4.78, 5) is 22.1. The Labute approximate surface area is 90.9 Å². The lowest BCUT2D eigenvalue weighted by atomic mass is 10.1. The van der Waals surface area contributed by atoms with Crippen molar-refractivity contribution in [3.05, 3.63) is 29.3 Å². The Morgan fingerprint density at radius 1 is 1.40 bits per heavy atom. The zero-order chi connectivity index (χ0) is 11.4. The highest BCUT2D eigenvalue weighted by Crippen LogP contribution is 2.19. The van der Waals surface area contributed by atoms with Crippen LogP contribution in [0.2, 0.25) is 0 Å². The number of benzene rings is 1. The molecule has 80 valence electrons. The molecular weight excluding hydrogens is 216 g/mol. The zero-order valence-corrected chi connectivity index (χ0v) is 8.87. The van der Waals surface area contributed by atoms with E-state index in [0.717, 1.165) is 0 Å². The second-order valence-electron chi connectivity index (χ2n) is 2.89. The summed E-state index contributed by atoms with van der Waals surface area (Å²) in [6.07, 6.45) is 1.79. The van der Waals surface area contributed by atoms with Crippen molar-refractivity contribution in [3.8, 4) is 5.75 Å². The van der Waals surface area contributed by atoms with Crippen molar-refractivity contribution in [2.24, 2.45) is 0 Å². The van der Waals surface area contributed by atoms with Gasteiger partial charge in [0.05, 0.1) is 5.75 Å². The molecule has 4 nitrogen and oxygen atoms in total. The number of phenols is 1. The van der Waals surface area contributed by atoms with Crippen LogP contribution in [0.5, 0.6) is 5.75 Å². The van der Waals surface area contributed by atoms with E-state index in [4.69, 9.17) is 5.11 Å². The molecule has 15 heavy (non-hydrogen) atoms. The Kier molecular flexibility index (Phi) is 3.74. The molecule has 0 radical (unpaired) electrons. The van der Waals surface area contributed by atoms with Gasteiger partial charge in [0, 0.05) is 5.56 Å². The summed E-state index contributed by atoms with van der Waals surface area (Å²) >= 11 is 1.36. The summed E-state index contributed by atoms with van der Waals surface area (Å²) in [5, 5.41) is 17.9. The number of rotatable bonds is 4. The minimum atomic E-state index is -1.24. The van der Waals surface area contributed by atoms with Gasteiger partial charge in [0.15, 0.2) is 5.78 Å². The van der Waals surface area contributed by atoms with Gasteiger partial charge in [-0.15, -0.1) is 0 Å². The van der Waals surface area contributed by atoms with Crippen LogP contribution in [-0.2, 0) is 0 Å². The van der Waals surface area contributed by atoms with E-state index in [-0.39, 0.29) is 17.1 Å². The lowest BCUT2D eigenvalue weighted by molar-refractivity contribution is 0.0693. The van der Waals surface area contributed by atoms with Crippen LogP contribution in [-0.4, -0.2) is 34.0 Å². The predicted octanol–water partition coefficient (Wildman–Crippen LogP) is 1.64. The summed E-state index contributed by atoms with van der Waals surface area (Å²) in [5.41, 5.74) is 0.0569. The summed E-state index contributed by atoms with van der Waals surface area (Å²) in [7, 11) is 0. The van der Waals surface area contributed by atoms with Crippen molar-refractivity contribution >= 4 is 23.5 Å². The van der Waals surface area contributed by atoms with Gasteiger partial charge < -0.3 is 10.2 Å². The number of hydrogen-bond donors (Lipinski definition) is 2. The molecule has 0 unspecified atom stereocenters. The molecule has 0 aliphatic carbocycles. The maximum absolute atomic E-state index is 11.4. The van der Waals surface area contributed by atoms with E-state index in [0.29, 0.717) is 11.3 Å². The molecule has 0 heterocycles. The summed E-state index contributed by atoms with van der Waals surface area (Å²) < 4.78 is 0. The fraction of sp³-hybridized carbons (Fsp3) is 0.200. The Bertz CT molecular complexity index is 400. The van der Waals surface area contributed by atoms with Crippen molar-refractivity contribution in [1.82, 2.24) is 0 Å².